The van der Waals surface area contributed by atoms with Crippen molar-refractivity contribution >= 4 is 50.5 Å². The van der Waals surface area contributed by atoms with Gasteiger partial charge in [0.05, 0.1) is 23.9 Å². The Morgan fingerprint density at radius 3 is 2.56 bits per heavy atom. The van der Waals surface area contributed by atoms with Crippen LogP contribution in [0, 0.1) is 6.92 Å². The quantitative estimate of drug-likeness (QED) is 0.215. The molecule has 1 aromatic carbocycles. The number of rotatable bonds is 10. The fourth-order valence-corrected chi connectivity index (χ4v) is 6.32. The predicted octanol–water partition coefficient (Wildman–Crippen LogP) is 6.69. The Labute approximate surface area is 246 Å². The van der Waals surface area contributed by atoms with Crippen molar-refractivity contribution in [1.82, 2.24) is 19.9 Å². The van der Waals surface area contributed by atoms with Crippen LogP contribution >= 0.6 is 11.3 Å². The second-order valence-electron chi connectivity index (χ2n) is 11.2. The normalized spacial score (nSPS) is 14.6. The van der Waals surface area contributed by atoms with E-state index in [4.69, 9.17) is 24.4 Å². The number of methoxy groups -OCH3 is 1. The molecule has 1 saturated heterocycles. The van der Waals surface area contributed by atoms with E-state index in [-0.39, 0.29) is 0 Å². The summed E-state index contributed by atoms with van der Waals surface area (Å²) in [6.07, 6.45) is 2.28. The molecule has 1 aliphatic heterocycles. The first kappa shape index (κ1) is 29.0. The number of aryl methyl sites for hydroxylation is 1. The van der Waals surface area contributed by atoms with Crippen molar-refractivity contribution in [2.45, 2.75) is 52.2 Å². The monoisotopic (exact) mass is 575 g/mol. The molecule has 4 aromatic rings. The first-order valence-electron chi connectivity index (χ1n) is 14.2. The Bertz CT molecular complexity index is 1500. The summed E-state index contributed by atoms with van der Waals surface area (Å²) < 4.78 is 11.7. The molecule has 0 radical (unpaired) electrons. The van der Waals surface area contributed by atoms with Crippen LogP contribution in [-0.4, -0.2) is 66.8 Å². The van der Waals surface area contributed by atoms with Gasteiger partial charge in [-0.25, -0.2) is 9.97 Å². The molecule has 0 spiro atoms. The molecule has 0 unspecified atom stereocenters. The average Bonchev–Trinajstić information content (AvgIpc) is 3.33. The predicted molar refractivity (Wildman–Crippen MR) is 170 cm³/mol. The summed E-state index contributed by atoms with van der Waals surface area (Å²) >= 11 is 1.60. The number of anilines is 5. The zero-order valence-corrected chi connectivity index (χ0v) is 25.9. The minimum Gasteiger partial charge on any atom is -0.495 e. The molecular formula is C31H41N7O2S. The Morgan fingerprint density at radius 1 is 1.07 bits per heavy atom. The van der Waals surface area contributed by atoms with Crippen molar-refractivity contribution in [3.63, 3.8) is 0 Å². The highest BCUT2D eigenvalue weighted by atomic mass is 32.1. The Kier molecular flexibility index (Phi) is 8.63. The molecule has 5 rings (SSSR count). The number of fused-ring (bicyclic) bond motifs is 1. The highest BCUT2D eigenvalue weighted by molar-refractivity contribution is 7.17. The van der Waals surface area contributed by atoms with Crippen LogP contribution in [-0.2, 0) is 10.3 Å². The standard InChI is InChI=1S/C31H41N7O2S/c1-8-40-31(3,4)25-10-9-11-26(33-25)34-28-27-20(2)19-41-29(27)36-30(35-28)32-21-12-13-23(24(18-21)39-7)38-16-14-22(15-17-38)37(5)6/h9-13,18-19,22H,8,14-17H2,1-7H3,(H2,32,33,34,35,36). The van der Waals surface area contributed by atoms with Crippen LogP contribution < -0.4 is 20.3 Å². The molecule has 41 heavy (non-hydrogen) atoms. The second-order valence-corrected chi connectivity index (χ2v) is 12.0. The molecule has 3 aromatic heterocycles. The molecule has 1 aliphatic rings. The van der Waals surface area contributed by atoms with Crippen LogP contribution in [0.3, 0.4) is 0 Å². The Balaban J connectivity index is 1.40. The van der Waals surface area contributed by atoms with Crippen LogP contribution in [0.25, 0.3) is 10.2 Å². The zero-order valence-electron chi connectivity index (χ0n) is 25.1. The number of hydrogen-bond donors (Lipinski definition) is 2. The lowest BCUT2D eigenvalue weighted by molar-refractivity contribution is -0.0171. The van der Waals surface area contributed by atoms with Gasteiger partial charge in [-0.1, -0.05) is 6.07 Å². The highest BCUT2D eigenvalue weighted by Gasteiger charge is 2.24. The lowest BCUT2D eigenvalue weighted by Crippen LogP contribution is -2.42. The van der Waals surface area contributed by atoms with Gasteiger partial charge in [0, 0.05) is 37.5 Å². The van der Waals surface area contributed by atoms with E-state index in [2.05, 4.69) is 59.0 Å². The number of ether oxygens (including phenoxy) is 2. The molecular weight excluding hydrogens is 534 g/mol. The number of aromatic nitrogens is 3. The van der Waals surface area contributed by atoms with Gasteiger partial charge in [-0.2, -0.15) is 4.98 Å². The largest absolute Gasteiger partial charge is 0.495 e. The molecule has 0 saturated carbocycles. The average molecular weight is 576 g/mol. The number of piperidine rings is 1. The van der Waals surface area contributed by atoms with Gasteiger partial charge in [0.15, 0.2) is 0 Å². The van der Waals surface area contributed by atoms with Crippen molar-refractivity contribution in [3.05, 3.63) is 53.0 Å². The van der Waals surface area contributed by atoms with Crippen molar-refractivity contribution in [3.8, 4) is 5.75 Å². The minimum atomic E-state index is -0.494. The van der Waals surface area contributed by atoms with Gasteiger partial charge >= 0.3 is 0 Å². The van der Waals surface area contributed by atoms with Crippen molar-refractivity contribution in [1.29, 1.82) is 0 Å². The number of benzene rings is 1. The van der Waals surface area contributed by atoms with Crippen LogP contribution in [0.2, 0.25) is 0 Å². The summed E-state index contributed by atoms with van der Waals surface area (Å²) in [6, 6.07) is 12.8. The summed E-state index contributed by atoms with van der Waals surface area (Å²) in [5.74, 6) is 2.76. The number of nitrogens with zero attached hydrogens (tertiary/aromatic N) is 5. The van der Waals surface area contributed by atoms with Gasteiger partial charge in [-0.15, -0.1) is 11.3 Å². The van der Waals surface area contributed by atoms with E-state index >= 15 is 0 Å². The van der Waals surface area contributed by atoms with Gasteiger partial charge < -0.3 is 29.9 Å². The van der Waals surface area contributed by atoms with E-state index in [1.807, 2.05) is 45.0 Å². The van der Waals surface area contributed by atoms with E-state index in [1.54, 1.807) is 18.4 Å². The first-order chi connectivity index (χ1) is 19.7. The molecule has 4 heterocycles. The van der Waals surface area contributed by atoms with Crippen molar-refractivity contribution in [2.75, 3.05) is 56.4 Å². The highest BCUT2D eigenvalue weighted by Crippen LogP contribution is 2.36. The maximum Gasteiger partial charge on any atom is 0.230 e. The van der Waals surface area contributed by atoms with Gasteiger partial charge in [0.25, 0.3) is 0 Å². The molecule has 0 amide bonds. The fraction of sp³-hybridized carbons (Fsp3) is 0.452. The van der Waals surface area contributed by atoms with Crippen LogP contribution in [0.1, 0.15) is 44.9 Å². The van der Waals surface area contributed by atoms with Gasteiger partial charge in [0.2, 0.25) is 5.95 Å². The van der Waals surface area contributed by atoms with Crippen molar-refractivity contribution in [2.24, 2.45) is 0 Å². The van der Waals surface area contributed by atoms with Gasteiger partial charge in [0.1, 0.15) is 27.8 Å². The second kappa shape index (κ2) is 12.2. The maximum atomic E-state index is 5.92. The molecule has 10 heteroatoms. The fourth-order valence-electron chi connectivity index (χ4n) is 5.39. The maximum absolute atomic E-state index is 5.92. The molecule has 9 nitrogen and oxygen atoms in total. The minimum absolute atomic E-state index is 0.494. The topological polar surface area (TPSA) is 87.7 Å². The van der Waals surface area contributed by atoms with Crippen LogP contribution in [0.15, 0.2) is 41.8 Å². The third kappa shape index (κ3) is 6.39. The number of nitrogens with one attached hydrogen (secondary N) is 2. The van der Waals surface area contributed by atoms with E-state index in [0.717, 1.165) is 64.5 Å². The van der Waals surface area contributed by atoms with E-state index in [1.165, 1.54) is 0 Å². The smallest absolute Gasteiger partial charge is 0.230 e. The summed E-state index contributed by atoms with van der Waals surface area (Å²) in [6.45, 7) is 10.8. The molecule has 218 valence electrons. The number of thiophene rings is 1. The van der Waals surface area contributed by atoms with E-state index in [9.17, 15) is 0 Å². The third-order valence-corrected chi connectivity index (χ3v) is 8.70. The summed E-state index contributed by atoms with van der Waals surface area (Å²) in [7, 11) is 6.05. The van der Waals surface area contributed by atoms with Crippen LogP contribution in [0.5, 0.6) is 5.75 Å². The van der Waals surface area contributed by atoms with Crippen LogP contribution in [0.4, 0.5) is 29.0 Å². The van der Waals surface area contributed by atoms with E-state index in [0.29, 0.717) is 30.2 Å². The SMILES string of the molecule is CCOC(C)(C)c1cccc(Nc2nc(Nc3ccc(N4CCC(N(C)C)CC4)c(OC)c3)nc3scc(C)c23)n1. The first-order valence-corrected chi connectivity index (χ1v) is 15.1. The summed E-state index contributed by atoms with van der Waals surface area (Å²) in [5.41, 5.74) is 3.46. The Hall–Kier alpha value is -3.47. The molecule has 0 bridgehead atoms. The van der Waals surface area contributed by atoms with Gasteiger partial charge in [-0.3, -0.25) is 0 Å². The Morgan fingerprint density at radius 2 is 1.85 bits per heavy atom. The third-order valence-electron chi connectivity index (χ3n) is 7.71. The zero-order chi connectivity index (χ0) is 29.1. The number of pyridine rings is 1. The van der Waals surface area contributed by atoms with E-state index < -0.39 is 5.60 Å². The molecule has 0 aliphatic carbocycles. The van der Waals surface area contributed by atoms with Gasteiger partial charge in [-0.05, 0) is 89.8 Å². The lowest BCUT2D eigenvalue weighted by Gasteiger charge is -2.37. The summed E-state index contributed by atoms with van der Waals surface area (Å²) in [4.78, 5) is 20.2. The molecule has 2 N–H and O–H groups in total. The number of hydrogen-bond acceptors (Lipinski definition) is 10. The lowest BCUT2D eigenvalue weighted by atomic mass is 10.0. The van der Waals surface area contributed by atoms with Crippen molar-refractivity contribution < 1.29 is 9.47 Å². The molecule has 1 fully saturated rings. The molecule has 0 atom stereocenters. The summed E-state index contributed by atoms with van der Waals surface area (Å²) in [5, 5.41) is 9.96.